The molecule has 1 N–H and O–H groups in total. The highest BCUT2D eigenvalue weighted by Crippen LogP contribution is 2.21. The van der Waals surface area contributed by atoms with Crippen LogP contribution in [0.1, 0.15) is 51.4 Å². The predicted octanol–water partition coefficient (Wildman–Crippen LogP) is 2.43. The first kappa shape index (κ1) is 14.1. The summed E-state index contributed by atoms with van der Waals surface area (Å²) in [5, 5.41) is 12.7. The lowest BCUT2D eigenvalue weighted by atomic mass is 9.97. The standard InChI is InChI=1S/C15H24N4/c1-12(2)18-15(3,10-16)8-9-19-11-17-13-6-4-5-7-14(13)19/h11-12,18H,4-9H2,1-3H3. The van der Waals surface area contributed by atoms with E-state index in [2.05, 4.69) is 34.8 Å². The second-order valence-electron chi connectivity index (χ2n) is 6.03. The lowest BCUT2D eigenvalue weighted by molar-refractivity contribution is 0.360. The van der Waals surface area contributed by atoms with Crippen LogP contribution in [0.3, 0.4) is 0 Å². The molecule has 1 aromatic heterocycles. The third-order valence-electron chi connectivity index (χ3n) is 3.82. The number of imidazole rings is 1. The molecule has 0 amide bonds. The molecule has 0 radical (unpaired) electrons. The van der Waals surface area contributed by atoms with Crippen LogP contribution >= 0.6 is 0 Å². The van der Waals surface area contributed by atoms with Gasteiger partial charge in [0.2, 0.25) is 0 Å². The van der Waals surface area contributed by atoms with Gasteiger partial charge in [0.25, 0.3) is 0 Å². The number of aromatic nitrogens is 2. The van der Waals surface area contributed by atoms with Crippen LogP contribution in [0, 0.1) is 11.3 Å². The van der Waals surface area contributed by atoms with E-state index < -0.39 is 5.54 Å². The topological polar surface area (TPSA) is 53.6 Å². The summed E-state index contributed by atoms with van der Waals surface area (Å²) in [6.45, 7) is 7.01. The van der Waals surface area contributed by atoms with E-state index in [-0.39, 0.29) is 0 Å². The highest BCUT2D eigenvalue weighted by molar-refractivity contribution is 5.16. The number of aryl methyl sites for hydroxylation is 2. The van der Waals surface area contributed by atoms with E-state index in [9.17, 15) is 5.26 Å². The van der Waals surface area contributed by atoms with Crippen molar-refractivity contribution in [3.63, 3.8) is 0 Å². The Morgan fingerprint density at radius 1 is 1.47 bits per heavy atom. The first-order valence-corrected chi connectivity index (χ1v) is 7.26. The molecule has 4 nitrogen and oxygen atoms in total. The summed E-state index contributed by atoms with van der Waals surface area (Å²) >= 11 is 0. The third-order valence-corrected chi connectivity index (χ3v) is 3.82. The molecule has 19 heavy (non-hydrogen) atoms. The normalized spacial score (nSPS) is 17.8. The maximum absolute atomic E-state index is 9.36. The zero-order valence-electron chi connectivity index (χ0n) is 12.2. The summed E-state index contributed by atoms with van der Waals surface area (Å²) in [4.78, 5) is 4.50. The molecule has 1 aliphatic carbocycles. The van der Waals surface area contributed by atoms with Gasteiger partial charge in [-0.2, -0.15) is 5.26 Å². The van der Waals surface area contributed by atoms with Crippen molar-refractivity contribution < 1.29 is 0 Å². The number of hydrogen-bond donors (Lipinski definition) is 1. The maximum Gasteiger partial charge on any atom is 0.105 e. The largest absolute Gasteiger partial charge is 0.334 e. The molecule has 1 atom stereocenters. The Bertz CT molecular complexity index is 469. The molecule has 1 aliphatic rings. The Kier molecular flexibility index (Phi) is 4.26. The summed E-state index contributed by atoms with van der Waals surface area (Å²) < 4.78 is 2.24. The number of nitrogens with zero attached hydrogens (tertiary/aromatic N) is 3. The van der Waals surface area contributed by atoms with Gasteiger partial charge in [-0.15, -0.1) is 0 Å². The van der Waals surface area contributed by atoms with Crippen LogP contribution in [-0.4, -0.2) is 21.1 Å². The van der Waals surface area contributed by atoms with E-state index in [0.29, 0.717) is 6.04 Å². The van der Waals surface area contributed by atoms with Crippen LogP contribution < -0.4 is 5.32 Å². The average molecular weight is 260 g/mol. The van der Waals surface area contributed by atoms with Crippen LogP contribution in [0.4, 0.5) is 0 Å². The van der Waals surface area contributed by atoms with Crippen molar-refractivity contribution in [2.45, 2.75) is 71.0 Å². The quantitative estimate of drug-likeness (QED) is 0.884. The Morgan fingerprint density at radius 2 is 2.21 bits per heavy atom. The number of rotatable bonds is 5. The SMILES string of the molecule is CC(C)NC(C)(C#N)CCn1cnc2c1CCCC2. The minimum absolute atomic E-state index is 0.321. The van der Waals surface area contributed by atoms with Crippen LogP contribution in [0.2, 0.25) is 0 Å². The van der Waals surface area contributed by atoms with Crippen molar-refractivity contribution in [1.82, 2.24) is 14.9 Å². The Hall–Kier alpha value is -1.34. The summed E-state index contributed by atoms with van der Waals surface area (Å²) in [6, 6.07) is 2.73. The van der Waals surface area contributed by atoms with Crippen molar-refractivity contribution in [1.29, 1.82) is 5.26 Å². The smallest absolute Gasteiger partial charge is 0.105 e. The van der Waals surface area contributed by atoms with Gasteiger partial charge in [0, 0.05) is 18.3 Å². The molecule has 0 bridgehead atoms. The number of fused-ring (bicyclic) bond motifs is 1. The van der Waals surface area contributed by atoms with E-state index in [4.69, 9.17) is 0 Å². The van der Waals surface area contributed by atoms with Crippen molar-refractivity contribution in [2.24, 2.45) is 0 Å². The molecule has 0 aromatic carbocycles. The molecule has 0 spiro atoms. The Morgan fingerprint density at radius 3 is 2.89 bits per heavy atom. The molecular weight excluding hydrogens is 236 g/mol. The first-order chi connectivity index (χ1) is 9.04. The molecule has 2 rings (SSSR count). The molecular formula is C15H24N4. The van der Waals surface area contributed by atoms with E-state index in [1.165, 1.54) is 24.2 Å². The van der Waals surface area contributed by atoms with Crippen molar-refractivity contribution in [3.05, 3.63) is 17.7 Å². The molecule has 0 saturated heterocycles. The molecule has 1 unspecified atom stereocenters. The van der Waals surface area contributed by atoms with E-state index in [1.54, 1.807) is 0 Å². The van der Waals surface area contributed by atoms with Crippen molar-refractivity contribution in [3.8, 4) is 6.07 Å². The molecule has 0 saturated carbocycles. The minimum atomic E-state index is -0.458. The fraction of sp³-hybridized carbons (Fsp3) is 0.733. The van der Waals surface area contributed by atoms with Gasteiger partial charge in [-0.05, 0) is 52.9 Å². The monoisotopic (exact) mass is 260 g/mol. The minimum Gasteiger partial charge on any atom is -0.334 e. The van der Waals surface area contributed by atoms with Crippen LogP contribution in [-0.2, 0) is 19.4 Å². The zero-order chi connectivity index (χ0) is 13.9. The van der Waals surface area contributed by atoms with E-state index in [1.807, 2.05) is 13.3 Å². The van der Waals surface area contributed by atoms with Crippen molar-refractivity contribution in [2.75, 3.05) is 0 Å². The molecule has 104 valence electrons. The Balaban J connectivity index is 2.02. The highest BCUT2D eigenvalue weighted by atomic mass is 15.1. The fourth-order valence-corrected chi connectivity index (χ4v) is 2.87. The Labute approximate surface area is 115 Å². The van der Waals surface area contributed by atoms with Gasteiger partial charge < -0.3 is 4.57 Å². The molecule has 0 fully saturated rings. The molecule has 0 aliphatic heterocycles. The van der Waals surface area contributed by atoms with Gasteiger partial charge >= 0.3 is 0 Å². The van der Waals surface area contributed by atoms with Crippen LogP contribution in [0.25, 0.3) is 0 Å². The number of nitriles is 1. The lowest BCUT2D eigenvalue weighted by Crippen LogP contribution is -2.45. The summed E-state index contributed by atoms with van der Waals surface area (Å²) in [7, 11) is 0. The van der Waals surface area contributed by atoms with Gasteiger partial charge in [0.15, 0.2) is 0 Å². The number of hydrogen-bond acceptors (Lipinski definition) is 3. The average Bonchev–Trinajstić information content (AvgIpc) is 2.79. The molecule has 1 heterocycles. The van der Waals surface area contributed by atoms with Gasteiger partial charge in [-0.3, -0.25) is 5.32 Å². The summed E-state index contributed by atoms with van der Waals surface area (Å²) in [6.07, 6.45) is 7.53. The zero-order valence-corrected chi connectivity index (χ0v) is 12.2. The third kappa shape index (κ3) is 3.36. The van der Waals surface area contributed by atoms with E-state index >= 15 is 0 Å². The molecule has 1 aromatic rings. The number of nitrogens with one attached hydrogen (secondary N) is 1. The summed E-state index contributed by atoms with van der Waals surface area (Å²) in [5.41, 5.74) is 2.19. The van der Waals surface area contributed by atoms with Gasteiger partial charge in [0.1, 0.15) is 5.54 Å². The van der Waals surface area contributed by atoms with Gasteiger partial charge in [-0.25, -0.2) is 4.98 Å². The van der Waals surface area contributed by atoms with E-state index in [0.717, 1.165) is 25.8 Å². The maximum atomic E-state index is 9.36. The second kappa shape index (κ2) is 5.75. The van der Waals surface area contributed by atoms with Crippen LogP contribution in [0.5, 0.6) is 0 Å². The summed E-state index contributed by atoms with van der Waals surface area (Å²) in [5.74, 6) is 0. The fourth-order valence-electron chi connectivity index (χ4n) is 2.87. The first-order valence-electron chi connectivity index (χ1n) is 7.26. The lowest BCUT2D eigenvalue weighted by Gasteiger charge is -2.26. The predicted molar refractivity (Wildman–Crippen MR) is 75.8 cm³/mol. The van der Waals surface area contributed by atoms with Gasteiger partial charge in [-0.1, -0.05) is 0 Å². The second-order valence-corrected chi connectivity index (χ2v) is 6.03. The van der Waals surface area contributed by atoms with Crippen molar-refractivity contribution >= 4 is 0 Å². The van der Waals surface area contributed by atoms with Crippen LogP contribution in [0.15, 0.2) is 6.33 Å². The highest BCUT2D eigenvalue weighted by Gasteiger charge is 2.25. The van der Waals surface area contributed by atoms with Gasteiger partial charge in [0.05, 0.1) is 18.1 Å². The molecule has 4 heteroatoms.